The molecule has 2 fully saturated rings. The molecule has 7 heteroatoms. The van der Waals surface area contributed by atoms with E-state index in [1.165, 1.54) is 5.56 Å². The van der Waals surface area contributed by atoms with Gasteiger partial charge in [0.1, 0.15) is 5.82 Å². The van der Waals surface area contributed by atoms with Gasteiger partial charge in [-0.05, 0) is 17.7 Å². The van der Waals surface area contributed by atoms with Crippen molar-refractivity contribution < 1.29 is 4.74 Å². The number of imidazole rings is 1. The lowest BCUT2D eigenvalue weighted by atomic mass is 10.1. The molecule has 0 amide bonds. The molecule has 5 rings (SSSR count). The first-order valence-electron chi connectivity index (χ1n) is 11.0. The zero-order valence-electron chi connectivity index (χ0n) is 18.2. The van der Waals surface area contributed by atoms with Crippen LogP contribution in [0.5, 0.6) is 0 Å². The molecule has 2 aliphatic heterocycles. The summed E-state index contributed by atoms with van der Waals surface area (Å²) in [6, 6.07) is 19.3. The lowest BCUT2D eigenvalue weighted by Gasteiger charge is -2.36. The normalized spacial score (nSPS) is 22.1. The first-order chi connectivity index (χ1) is 15.2. The summed E-state index contributed by atoms with van der Waals surface area (Å²) in [7, 11) is 3.91. The maximum Gasteiger partial charge on any atom is 0.194 e. The highest BCUT2D eigenvalue weighted by Gasteiger charge is 2.41. The van der Waals surface area contributed by atoms with E-state index < -0.39 is 0 Å². The van der Waals surface area contributed by atoms with E-state index in [0.29, 0.717) is 12.6 Å². The summed E-state index contributed by atoms with van der Waals surface area (Å²) in [5.74, 6) is 1.91. The van der Waals surface area contributed by atoms with Crippen LogP contribution in [-0.4, -0.2) is 70.7 Å². The van der Waals surface area contributed by atoms with Gasteiger partial charge in [0.2, 0.25) is 0 Å². The standard InChI is InChI=1S/C24H30N6O/c1-25-24(26-14-23-27-19-10-6-7-11-20(19)28(23)2)30-16-21-22(17-30)31-13-12-29(21)15-18-8-4-3-5-9-18/h3-11,21-22H,12-17H2,1-2H3,(H,25,26). The number of aliphatic imine (C=N–C) groups is 1. The molecule has 2 atom stereocenters. The SMILES string of the molecule is CN=C(NCc1nc2ccccc2n1C)N1CC2OCCN(Cc3ccccc3)C2C1. The lowest BCUT2D eigenvalue weighted by Crippen LogP contribution is -2.50. The molecule has 2 unspecified atom stereocenters. The molecule has 3 heterocycles. The Bertz CT molecular complexity index is 1060. The molecule has 0 spiro atoms. The molecule has 7 nitrogen and oxygen atoms in total. The second kappa shape index (κ2) is 8.69. The van der Waals surface area contributed by atoms with Crippen LogP contribution in [0.15, 0.2) is 59.6 Å². The fourth-order valence-corrected chi connectivity index (χ4v) is 4.79. The van der Waals surface area contributed by atoms with E-state index in [2.05, 4.69) is 74.2 Å². The molecule has 2 aromatic carbocycles. The summed E-state index contributed by atoms with van der Waals surface area (Å²) >= 11 is 0. The highest BCUT2D eigenvalue weighted by atomic mass is 16.5. The Balaban J connectivity index is 1.25. The van der Waals surface area contributed by atoms with Crippen molar-refractivity contribution in [3.8, 4) is 0 Å². The number of aryl methyl sites for hydroxylation is 1. The second-order valence-corrected chi connectivity index (χ2v) is 8.31. The van der Waals surface area contributed by atoms with Crippen molar-refractivity contribution in [3.05, 3.63) is 66.0 Å². The number of para-hydroxylation sites is 2. The zero-order valence-corrected chi connectivity index (χ0v) is 18.2. The van der Waals surface area contributed by atoms with E-state index in [1.807, 2.05) is 19.2 Å². The number of ether oxygens (including phenoxy) is 1. The minimum absolute atomic E-state index is 0.215. The maximum atomic E-state index is 6.13. The first-order valence-corrected chi connectivity index (χ1v) is 11.0. The molecule has 0 radical (unpaired) electrons. The summed E-state index contributed by atoms with van der Waals surface area (Å²) < 4.78 is 8.28. The number of likely N-dealkylation sites (tertiary alicyclic amines) is 1. The van der Waals surface area contributed by atoms with E-state index in [1.54, 1.807) is 0 Å². The Morgan fingerprint density at radius 3 is 2.74 bits per heavy atom. The van der Waals surface area contributed by atoms with Gasteiger partial charge in [0.05, 0.1) is 36.3 Å². The second-order valence-electron chi connectivity index (χ2n) is 8.31. The van der Waals surface area contributed by atoms with Gasteiger partial charge in [-0.2, -0.15) is 0 Å². The van der Waals surface area contributed by atoms with Crippen LogP contribution in [0.2, 0.25) is 0 Å². The number of rotatable bonds is 4. The molecular weight excluding hydrogens is 388 g/mol. The molecule has 31 heavy (non-hydrogen) atoms. The van der Waals surface area contributed by atoms with Crippen molar-refractivity contribution in [2.75, 3.05) is 33.3 Å². The monoisotopic (exact) mass is 418 g/mol. The third kappa shape index (κ3) is 4.03. The largest absolute Gasteiger partial charge is 0.373 e. The average molecular weight is 419 g/mol. The summed E-state index contributed by atoms with van der Waals surface area (Å²) in [6.07, 6.45) is 0.215. The Kier molecular flexibility index (Phi) is 5.61. The zero-order chi connectivity index (χ0) is 21.2. The van der Waals surface area contributed by atoms with Crippen molar-refractivity contribution in [3.63, 3.8) is 0 Å². The van der Waals surface area contributed by atoms with Crippen molar-refractivity contribution in [2.45, 2.75) is 25.2 Å². The van der Waals surface area contributed by atoms with Crippen LogP contribution in [0.3, 0.4) is 0 Å². The molecule has 162 valence electrons. The third-order valence-electron chi connectivity index (χ3n) is 6.44. The number of nitrogens with zero attached hydrogens (tertiary/aromatic N) is 5. The van der Waals surface area contributed by atoms with Gasteiger partial charge in [0.25, 0.3) is 0 Å². The molecule has 1 N–H and O–H groups in total. The van der Waals surface area contributed by atoms with Gasteiger partial charge in [-0.25, -0.2) is 4.98 Å². The highest BCUT2D eigenvalue weighted by molar-refractivity contribution is 5.80. The first kappa shape index (κ1) is 20.0. The topological polar surface area (TPSA) is 57.9 Å². The van der Waals surface area contributed by atoms with Crippen LogP contribution in [0.4, 0.5) is 0 Å². The molecule has 0 bridgehead atoms. The number of hydrogen-bond donors (Lipinski definition) is 1. The Morgan fingerprint density at radius 2 is 1.94 bits per heavy atom. The van der Waals surface area contributed by atoms with E-state index in [-0.39, 0.29) is 6.10 Å². The van der Waals surface area contributed by atoms with E-state index >= 15 is 0 Å². The van der Waals surface area contributed by atoms with Gasteiger partial charge in [-0.15, -0.1) is 0 Å². The van der Waals surface area contributed by atoms with Crippen LogP contribution in [0, 0.1) is 0 Å². The Morgan fingerprint density at radius 1 is 1.13 bits per heavy atom. The number of aromatic nitrogens is 2. The van der Waals surface area contributed by atoms with Crippen LogP contribution in [0.1, 0.15) is 11.4 Å². The number of nitrogens with one attached hydrogen (secondary N) is 1. The summed E-state index contributed by atoms with van der Waals surface area (Å²) in [6.45, 7) is 5.13. The molecule has 3 aromatic rings. The fraction of sp³-hybridized carbons (Fsp3) is 0.417. The maximum absolute atomic E-state index is 6.13. The molecule has 0 saturated carbocycles. The summed E-state index contributed by atoms with van der Waals surface area (Å²) in [5.41, 5.74) is 3.52. The van der Waals surface area contributed by atoms with Gasteiger partial charge in [0, 0.05) is 40.3 Å². The predicted molar refractivity (Wildman–Crippen MR) is 123 cm³/mol. The number of benzene rings is 2. The highest BCUT2D eigenvalue weighted by Crippen LogP contribution is 2.25. The van der Waals surface area contributed by atoms with Gasteiger partial charge < -0.3 is 19.5 Å². The van der Waals surface area contributed by atoms with Crippen molar-refractivity contribution in [1.29, 1.82) is 0 Å². The molecular formula is C24H30N6O. The molecule has 2 aliphatic rings. The lowest BCUT2D eigenvalue weighted by molar-refractivity contribution is -0.0502. The quantitative estimate of drug-likeness (QED) is 0.520. The fourth-order valence-electron chi connectivity index (χ4n) is 4.79. The van der Waals surface area contributed by atoms with Crippen LogP contribution in [0.25, 0.3) is 11.0 Å². The third-order valence-corrected chi connectivity index (χ3v) is 6.44. The molecule has 2 saturated heterocycles. The smallest absolute Gasteiger partial charge is 0.194 e. The molecule has 1 aromatic heterocycles. The van der Waals surface area contributed by atoms with Gasteiger partial charge in [0.15, 0.2) is 5.96 Å². The van der Waals surface area contributed by atoms with Crippen molar-refractivity contribution >= 4 is 17.0 Å². The number of guanidine groups is 1. The van der Waals surface area contributed by atoms with Crippen LogP contribution in [-0.2, 0) is 24.9 Å². The number of fused-ring (bicyclic) bond motifs is 2. The summed E-state index contributed by atoms with van der Waals surface area (Å²) in [5, 5.41) is 3.52. The summed E-state index contributed by atoms with van der Waals surface area (Å²) in [4.78, 5) is 14.2. The van der Waals surface area contributed by atoms with E-state index in [9.17, 15) is 0 Å². The van der Waals surface area contributed by atoms with E-state index in [0.717, 1.165) is 55.6 Å². The van der Waals surface area contributed by atoms with E-state index in [4.69, 9.17) is 9.72 Å². The van der Waals surface area contributed by atoms with Crippen LogP contribution >= 0.6 is 0 Å². The van der Waals surface area contributed by atoms with Gasteiger partial charge in [-0.1, -0.05) is 42.5 Å². The average Bonchev–Trinajstić information content (AvgIpc) is 3.37. The van der Waals surface area contributed by atoms with Crippen molar-refractivity contribution in [1.82, 2.24) is 24.7 Å². The Hall–Kier alpha value is -2.90. The predicted octanol–water partition coefficient (Wildman–Crippen LogP) is 2.23. The molecule has 0 aliphatic carbocycles. The minimum atomic E-state index is 0.215. The minimum Gasteiger partial charge on any atom is -0.373 e. The van der Waals surface area contributed by atoms with Crippen molar-refractivity contribution in [2.24, 2.45) is 12.0 Å². The van der Waals surface area contributed by atoms with Crippen LogP contribution < -0.4 is 5.32 Å². The van der Waals surface area contributed by atoms with Gasteiger partial charge in [-0.3, -0.25) is 9.89 Å². The van der Waals surface area contributed by atoms with Gasteiger partial charge >= 0.3 is 0 Å². The Labute approximate surface area is 183 Å². The number of morpholine rings is 1. The number of hydrogen-bond acceptors (Lipinski definition) is 4.